The second kappa shape index (κ2) is 14.5. The summed E-state index contributed by atoms with van der Waals surface area (Å²) in [5.41, 5.74) is 7.32. The highest BCUT2D eigenvalue weighted by Gasteiger charge is 2.45. The molecule has 0 bridgehead atoms. The van der Waals surface area contributed by atoms with Crippen LogP contribution in [0.2, 0.25) is 0 Å². The third kappa shape index (κ3) is 7.63. The van der Waals surface area contributed by atoms with Gasteiger partial charge in [-0.3, -0.25) is 43.8 Å². The lowest BCUT2D eigenvalue weighted by Crippen LogP contribution is -2.54. The van der Waals surface area contributed by atoms with Crippen molar-refractivity contribution in [3.8, 4) is 0 Å². The number of imide groups is 2. The molecule has 2 heterocycles. The van der Waals surface area contributed by atoms with Crippen molar-refractivity contribution in [3.63, 3.8) is 0 Å². The van der Waals surface area contributed by atoms with Crippen LogP contribution in [-0.2, 0) is 19.2 Å². The Bertz CT molecular complexity index is 1810. The zero-order chi connectivity index (χ0) is 34.4. The Morgan fingerprint density at radius 2 is 1.67 bits per heavy atom. The molecule has 1 atom stereocenters. The average Bonchev–Trinajstić information content (AvgIpc) is 3.31. The average molecular weight is 658 g/mol. The van der Waals surface area contributed by atoms with Crippen molar-refractivity contribution in [3.05, 3.63) is 83.2 Å². The van der Waals surface area contributed by atoms with Crippen LogP contribution in [0.25, 0.3) is 0 Å². The summed E-state index contributed by atoms with van der Waals surface area (Å²) in [6.07, 6.45) is 1.23. The van der Waals surface area contributed by atoms with E-state index in [4.69, 9.17) is 5.73 Å². The number of carbonyl (C=O) groups excluding carboxylic acids is 7. The molecule has 5 rings (SSSR count). The number of rotatable bonds is 12. The second-order valence-corrected chi connectivity index (χ2v) is 11.1. The minimum atomic E-state index is -1.09. The van der Waals surface area contributed by atoms with Gasteiger partial charge >= 0.3 is 0 Å². The van der Waals surface area contributed by atoms with E-state index in [1.54, 1.807) is 24.3 Å². The van der Waals surface area contributed by atoms with E-state index < -0.39 is 41.4 Å². The highest BCUT2D eigenvalue weighted by Crippen LogP contribution is 2.32. The molecule has 48 heavy (non-hydrogen) atoms. The van der Waals surface area contributed by atoms with Gasteiger partial charge in [0.15, 0.2) is 0 Å². The molecule has 0 radical (unpaired) electrons. The van der Waals surface area contributed by atoms with Crippen molar-refractivity contribution in [2.45, 2.75) is 38.1 Å². The zero-order valence-corrected chi connectivity index (χ0v) is 25.6. The molecule has 3 aromatic rings. The van der Waals surface area contributed by atoms with Crippen LogP contribution >= 0.6 is 0 Å². The number of nitrogen functional groups attached to an aromatic ring is 1. The number of unbranched alkanes of at least 4 members (excludes halogenated alkanes) is 1. The van der Waals surface area contributed by atoms with Gasteiger partial charge in [-0.1, -0.05) is 6.07 Å². The quantitative estimate of drug-likeness (QED) is 0.0959. The van der Waals surface area contributed by atoms with E-state index in [1.807, 2.05) is 0 Å². The number of piperidine rings is 1. The fourth-order valence-electron chi connectivity index (χ4n) is 5.31. The number of nitrogens with two attached hydrogens (primary N) is 1. The van der Waals surface area contributed by atoms with Crippen molar-refractivity contribution in [1.29, 1.82) is 0 Å². The Morgan fingerprint density at radius 1 is 0.896 bits per heavy atom. The summed E-state index contributed by atoms with van der Waals surface area (Å²) in [5, 5.41) is 13.1. The number of carbonyl (C=O) groups is 7. The second-order valence-electron chi connectivity index (χ2n) is 11.1. The van der Waals surface area contributed by atoms with E-state index in [0.717, 1.165) is 11.0 Å². The maximum Gasteiger partial charge on any atom is 0.264 e. The molecule has 15 heteroatoms. The predicted molar refractivity (Wildman–Crippen MR) is 172 cm³/mol. The molecule has 14 nitrogen and oxygen atoms in total. The zero-order valence-electron chi connectivity index (χ0n) is 25.6. The van der Waals surface area contributed by atoms with Crippen molar-refractivity contribution >= 4 is 64.1 Å². The van der Waals surface area contributed by atoms with Crippen LogP contribution in [0.3, 0.4) is 0 Å². The van der Waals surface area contributed by atoms with Gasteiger partial charge in [0, 0.05) is 36.3 Å². The molecule has 7 N–H and O–H groups in total. The minimum absolute atomic E-state index is 0.00758. The van der Waals surface area contributed by atoms with Crippen molar-refractivity contribution in [2.24, 2.45) is 0 Å². The maximum absolute atomic E-state index is 13.2. The van der Waals surface area contributed by atoms with Crippen molar-refractivity contribution in [2.75, 3.05) is 34.8 Å². The predicted octanol–water partition coefficient (Wildman–Crippen LogP) is 2.40. The van der Waals surface area contributed by atoms with Gasteiger partial charge in [0.25, 0.3) is 17.7 Å². The maximum atomic E-state index is 13.2. The Kier molecular flexibility index (Phi) is 10.1. The largest absolute Gasteiger partial charge is 0.397 e. The minimum Gasteiger partial charge on any atom is -0.397 e. The molecule has 0 aromatic heterocycles. The Hall–Kier alpha value is -6.12. The Morgan fingerprint density at radius 3 is 2.40 bits per heavy atom. The Labute approximate surface area is 273 Å². The summed E-state index contributed by atoms with van der Waals surface area (Å²) in [4.78, 5) is 88.1. The van der Waals surface area contributed by atoms with Crippen LogP contribution in [0.5, 0.6) is 0 Å². The summed E-state index contributed by atoms with van der Waals surface area (Å²) < 4.78 is 13.2. The van der Waals surface area contributed by atoms with Gasteiger partial charge in [0.05, 0.1) is 29.0 Å². The van der Waals surface area contributed by atoms with Gasteiger partial charge in [0.2, 0.25) is 23.6 Å². The lowest BCUT2D eigenvalue weighted by Gasteiger charge is -2.27. The van der Waals surface area contributed by atoms with Gasteiger partial charge in [-0.2, -0.15) is 0 Å². The molecule has 2 aliphatic heterocycles. The summed E-state index contributed by atoms with van der Waals surface area (Å²) in [6, 6.07) is 13.3. The molecule has 1 unspecified atom stereocenters. The monoisotopic (exact) mass is 657 g/mol. The van der Waals surface area contributed by atoms with Crippen LogP contribution in [0.15, 0.2) is 60.7 Å². The number of hydrogen-bond donors (Lipinski definition) is 6. The number of benzene rings is 3. The van der Waals surface area contributed by atoms with Crippen LogP contribution in [0.1, 0.15) is 63.2 Å². The summed E-state index contributed by atoms with van der Waals surface area (Å²) in [7, 11) is 0. The molecule has 248 valence electrons. The molecular formula is C33H32FN7O7. The molecule has 0 spiro atoms. The molecule has 0 aliphatic carbocycles. The first-order chi connectivity index (χ1) is 23.0. The van der Waals surface area contributed by atoms with E-state index in [1.165, 1.54) is 30.3 Å². The summed E-state index contributed by atoms with van der Waals surface area (Å²) in [6.45, 7) is 0.103. The molecule has 2 aliphatic rings. The molecule has 0 saturated carbocycles. The number of hydrogen-bond acceptors (Lipinski definition) is 9. The highest BCUT2D eigenvalue weighted by molar-refractivity contribution is 6.25. The number of halogens is 1. The van der Waals surface area contributed by atoms with E-state index in [9.17, 15) is 38.0 Å². The number of nitrogens with zero attached hydrogens (tertiary/aromatic N) is 1. The molecule has 1 fully saturated rings. The first kappa shape index (κ1) is 33.2. The first-order valence-corrected chi connectivity index (χ1v) is 15.1. The van der Waals surface area contributed by atoms with Crippen LogP contribution < -0.4 is 32.3 Å². The molecular weight excluding hydrogens is 625 g/mol. The van der Waals surface area contributed by atoms with Crippen molar-refractivity contribution < 1.29 is 38.0 Å². The molecule has 3 aromatic carbocycles. The van der Waals surface area contributed by atoms with E-state index >= 15 is 0 Å². The van der Waals surface area contributed by atoms with Crippen molar-refractivity contribution in [1.82, 2.24) is 15.5 Å². The normalized spacial score (nSPS) is 15.4. The third-order valence-electron chi connectivity index (χ3n) is 7.75. The third-order valence-corrected chi connectivity index (χ3v) is 7.75. The summed E-state index contributed by atoms with van der Waals surface area (Å²) in [5.74, 6) is -4.08. The van der Waals surface area contributed by atoms with Crippen LogP contribution in [-0.4, -0.2) is 65.4 Å². The van der Waals surface area contributed by atoms with Crippen LogP contribution in [0, 0.1) is 5.82 Å². The van der Waals surface area contributed by atoms with E-state index in [0.29, 0.717) is 30.6 Å². The topological polar surface area (TPSA) is 209 Å². The van der Waals surface area contributed by atoms with E-state index in [2.05, 4.69) is 26.6 Å². The lowest BCUT2D eigenvalue weighted by atomic mass is 10.0. The van der Waals surface area contributed by atoms with Gasteiger partial charge in [-0.25, -0.2) is 4.39 Å². The number of nitrogens with one attached hydrogen (secondary N) is 5. The molecule has 7 amide bonds. The number of anilines is 4. The number of amides is 7. The molecule has 1 saturated heterocycles. The standard InChI is InChI=1S/C33H32FN7O7/c34-19-9-12-23(22(35)16-19)39-30(45)18-7-10-20(11-8-18)38-26(42)6-1-2-15-36-28(44)17-37-24-5-3-4-21-29(24)33(48)41(32(21)47)25-13-14-27(43)40-31(25)46/h3-5,7-12,16,25,37H,1-2,6,13-15,17,35H2,(H,36,44)(H,38,42)(H,39,45)(H,40,43,46). The van der Waals surface area contributed by atoms with Gasteiger partial charge in [0.1, 0.15) is 11.9 Å². The first-order valence-electron chi connectivity index (χ1n) is 15.1. The number of fused-ring (bicyclic) bond motifs is 1. The lowest BCUT2D eigenvalue weighted by molar-refractivity contribution is -0.136. The summed E-state index contributed by atoms with van der Waals surface area (Å²) >= 11 is 0. The van der Waals surface area contributed by atoms with Gasteiger partial charge < -0.3 is 27.0 Å². The SMILES string of the molecule is Nc1cc(F)ccc1NC(=O)c1ccc(NC(=O)CCCCNC(=O)CNc2cccc3c2C(=O)N(C2CCC(=O)NC2=O)C3=O)cc1. The fraction of sp³-hybridized carbons (Fsp3) is 0.242. The van der Waals surface area contributed by atoms with E-state index in [-0.39, 0.29) is 65.8 Å². The van der Waals surface area contributed by atoms with Gasteiger partial charge in [-0.15, -0.1) is 0 Å². The Balaban J connectivity index is 1.01. The van der Waals surface area contributed by atoms with Gasteiger partial charge in [-0.05, 0) is 73.9 Å². The smallest absolute Gasteiger partial charge is 0.264 e. The van der Waals surface area contributed by atoms with Crippen LogP contribution in [0.4, 0.5) is 27.1 Å². The fourth-order valence-corrected chi connectivity index (χ4v) is 5.31. The highest BCUT2D eigenvalue weighted by atomic mass is 19.1.